The van der Waals surface area contributed by atoms with Gasteiger partial charge in [0.25, 0.3) is 0 Å². The number of aromatic nitrogens is 2. The first kappa shape index (κ1) is 24.8. The normalized spacial score (nSPS) is 10.8. The molecule has 2 aromatic heterocycles. The number of fused-ring (bicyclic) bond motifs is 1. The fraction of sp³-hybridized carbons (Fsp3) is 0.125. The van der Waals surface area contributed by atoms with Crippen molar-refractivity contribution in [2.45, 2.75) is 13.1 Å². The van der Waals surface area contributed by atoms with Crippen molar-refractivity contribution in [2.75, 3.05) is 14.2 Å². The first-order valence-electron chi connectivity index (χ1n) is 12.3. The molecule has 38 heavy (non-hydrogen) atoms. The van der Waals surface area contributed by atoms with Gasteiger partial charge in [0.05, 0.1) is 25.3 Å². The van der Waals surface area contributed by atoms with Crippen LogP contribution in [-0.2, 0) is 22.6 Å². The maximum atomic E-state index is 11.7. The van der Waals surface area contributed by atoms with Crippen molar-refractivity contribution in [3.63, 3.8) is 0 Å². The van der Waals surface area contributed by atoms with Crippen LogP contribution in [0, 0.1) is 0 Å². The van der Waals surface area contributed by atoms with Crippen LogP contribution in [0.25, 0.3) is 21.9 Å². The zero-order valence-corrected chi connectivity index (χ0v) is 21.3. The molecule has 0 unspecified atom stereocenters. The maximum absolute atomic E-state index is 11.7. The third-order valence-electron chi connectivity index (χ3n) is 6.54. The predicted molar refractivity (Wildman–Crippen MR) is 144 cm³/mol. The number of hydrogen-bond acceptors (Lipinski definition) is 4. The van der Waals surface area contributed by atoms with Gasteiger partial charge in [-0.2, -0.15) is 0 Å². The van der Waals surface area contributed by atoms with Crippen LogP contribution >= 0.6 is 0 Å². The predicted octanol–water partition coefficient (Wildman–Crippen LogP) is 4.75. The van der Waals surface area contributed by atoms with Crippen LogP contribution in [-0.4, -0.2) is 26.2 Å². The lowest BCUT2D eigenvalue weighted by atomic mass is 10.0. The van der Waals surface area contributed by atoms with Crippen molar-refractivity contribution in [3.05, 3.63) is 132 Å². The summed E-state index contributed by atoms with van der Waals surface area (Å²) in [6.07, 6.45) is 8.35. The summed E-state index contributed by atoms with van der Waals surface area (Å²) in [5.74, 6) is -0.660. The van der Waals surface area contributed by atoms with E-state index in [1.54, 1.807) is 24.3 Å². The largest absolute Gasteiger partial charge is 0.465 e. The minimum absolute atomic E-state index is 0.330. The van der Waals surface area contributed by atoms with Crippen LogP contribution in [0.5, 0.6) is 0 Å². The number of carbonyl (C=O) groups is 2. The van der Waals surface area contributed by atoms with Crippen molar-refractivity contribution >= 4 is 22.7 Å². The van der Waals surface area contributed by atoms with Gasteiger partial charge in [-0.3, -0.25) is 0 Å². The van der Waals surface area contributed by atoms with Crippen LogP contribution < -0.4 is 9.13 Å². The van der Waals surface area contributed by atoms with E-state index < -0.39 is 0 Å². The topological polar surface area (TPSA) is 60.4 Å². The second-order valence-corrected chi connectivity index (χ2v) is 9.10. The van der Waals surface area contributed by atoms with E-state index in [0.29, 0.717) is 24.2 Å². The molecule has 0 aliphatic rings. The molecule has 0 bridgehead atoms. The van der Waals surface area contributed by atoms with Gasteiger partial charge in [0.1, 0.15) is 0 Å². The number of hydrogen-bond donors (Lipinski definition) is 0. The molecule has 0 spiro atoms. The molecule has 3 aromatic carbocycles. The summed E-state index contributed by atoms with van der Waals surface area (Å²) in [5, 5.41) is 2.33. The highest BCUT2D eigenvalue weighted by atomic mass is 16.5. The van der Waals surface area contributed by atoms with Gasteiger partial charge in [-0.15, -0.1) is 0 Å². The van der Waals surface area contributed by atoms with Gasteiger partial charge in [-0.1, -0.05) is 36.4 Å². The standard InChI is InChI=1S/C32H28N2O4/c1-37-31(35)27-7-3-23(4-8-27)20-33-16-13-26(14-17-33)29-12-11-25-15-18-34(22-30(25)19-29)21-24-5-9-28(10-6-24)32(36)38-2/h3-19,22H,20-21H2,1-2H3/q+2. The van der Waals surface area contributed by atoms with Crippen molar-refractivity contribution in [1.29, 1.82) is 0 Å². The Balaban J connectivity index is 1.30. The van der Waals surface area contributed by atoms with E-state index in [9.17, 15) is 9.59 Å². The molecular weight excluding hydrogens is 476 g/mol. The van der Waals surface area contributed by atoms with Crippen LogP contribution in [0.2, 0.25) is 0 Å². The summed E-state index contributed by atoms with van der Waals surface area (Å²) in [6, 6.07) is 27.8. The Kier molecular flexibility index (Phi) is 7.22. The fourth-order valence-corrected chi connectivity index (χ4v) is 4.42. The van der Waals surface area contributed by atoms with E-state index in [2.05, 4.69) is 70.3 Å². The number of methoxy groups -OCH3 is 2. The molecule has 0 saturated carbocycles. The number of benzene rings is 3. The Hall–Kier alpha value is -4.84. The summed E-state index contributed by atoms with van der Waals surface area (Å²) in [6.45, 7) is 1.41. The highest BCUT2D eigenvalue weighted by Gasteiger charge is 2.11. The number of rotatable bonds is 7. The summed E-state index contributed by atoms with van der Waals surface area (Å²) >= 11 is 0. The smallest absolute Gasteiger partial charge is 0.337 e. The zero-order valence-electron chi connectivity index (χ0n) is 21.3. The lowest BCUT2D eigenvalue weighted by Crippen LogP contribution is -2.33. The second kappa shape index (κ2) is 11.0. The number of esters is 2. The lowest BCUT2D eigenvalue weighted by molar-refractivity contribution is -0.688. The quantitative estimate of drug-likeness (QED) is 0.237. The van der Waals surface area contributed by atoms with Gasteiger partial charge in [0, 0.05) is 34.7 Å². The van der Waals surface area contributed by atoms with Crippen LogP contribution in [0.15, 0.2) is 110 Å². The van der Waals surface area contributed by atoms with Gasteiger partial charge in [-0.05, 0) is 46.8 Å². The maximum Gasteiger partial charge on any atom is 0.337 e. The third kappa shape index (κ3) is 5.60. The average Bonchev–Trinajstić information content (AvgIpc) is 2.97. The molecule has 2 heterocycles. The summed E-state index contributed by atoms with van der Waals surface area (Å²) in [5.41, 5.74) is 5.58. The highest BCUT2D eigenvalue weighted by Crippen LogP contribution is 2.23. The molecule has 6 nitrogen and oxygen atoms in total. The first-order chi connectivity index (χ1) is 18.5. The Morgan fingerprint density at radius 2 is 1.11 bits per heavy atom. The van der Waals surface area contributed by atoms with Crippen molar-refractivity contribution in [1.82, 2.24) is 0 Å². The molecule has 5 aromatic rings. The van der Waals surface area contributed by atoms with E-state index >= 15 is 0 Å². The molecular formula is C32H28N2O4+2. The second-order valence-electron chi connectivity index (χ2n) is 9.10. The van der Waals surface area contributed by atoms with Gasteiger partial charge >= 0.3 is 11.9 Å². The Bertz CT molecular complexity index is 1590. The van der Waals surface area contributed by atoms with E-state index in [0.717, 1.165) is 27.6 Å². The van der Waals surface area contributed by atoms with Crippen molar-refractivity contribution in [3.8, 4) is 11.1 Å². The van der Waals surface area contributed by atoms with Gasteiger partial charge in [-0.25, -0.2) is 18.7 Å². The van der Waals surface area contributed by atoms with Crippen LogP contribution in [0.1, 0.15) is 31.8 Å². The molecule has 0 fully saturated rings. The molecule has 0 aliphatic carbocycles. The molecule has 0 saturated heterocycles. The number of ether oxygens (including phenoxy) is 2. The molecule has 0 N–H and O–H groups in total. The first-order valence-corrected chi connectivity index (χ1v) is 12.3. The van der Waals surface area contributed by atoms with Crippen molar-refractivity contribution in [2.24, 2.45) is 0 Å². The van der Waals surface area contributed by atoms with E-state index in [-0.39, 0.29) is 11.9 Å². The Morgan fingerprint density at radius 1 is 0.579 bits per heavy atom. The zero-order chi connectivity index (χ0) is 26.5. The van der Waals surface area contributed by atoms with Gasteiger partial charge in [0.15, 0.2) is 37.9 Å². The van der Waals surface area contributed by atoms with E-state index in [1.807, 2.05) is 24.3 Å². The number of carbonyl (C=O) groups excluding carboxylic acids is 2. The van der Waals surface area contributed by atoms with Crippen LogP contribution in [0.4, 0.5) is 0 Å². The molecule has 5 rings (SSSR count). The van der Waals surface area contributed by atoms with E-state index in [1.165, 1.54) is 19.6 Å². The van der Waals surface area contributed by atoms with Gasteiger partial charge < -0.3 is 9.47 Å². The SMILES string of the molecule is COC(=O)c1ccc(C[n+]2ccc(-c3ccc4cc[n+](Cc5ccc(C(=O)OC)cc5)cc4c3)cc2)cc1. The molecule has 0 aliphatic heterocycles. The van der Waals surface area contributed by atoms with Crippen LogP contribution in [0.3, 0.4) is 0 Å². The summed E-state index contributed by atoms with van der Waals surface area (Å²) < 4.78 is 13.8. The Labute approximate surface area is 221 Å². The molecule has 188 valence electrons. The van der Waals surface area contributed by atoms with E-state index in [4.69, 9.17) is 9.47 Å². The Morgan fingerprint density at radius 3 is 1.66 bits per heavy atom. The molecule has 0 atom stereocenters. The molecule has 6 heteroatoms. The highest BCUT2D eigenvalue weighted by molar-refractivity contribution is 5.89. The molecule has 0 radical (unpaired) electrons. The summed E-state index contributed by atoms with van der Waals surface area (Å²) in [7, 11) is 2.77. The van der Waals surface area contributed by atoms with Gasteiger partial charge in [0.2, 0.25) is 0 Å². The van der Waals surface area contributed by atoms with Crippen molar-refractivity contribution < 1.29 is 28.2 Å². The third-order valence-corrected chi connectivity index (χ3v) is 6.54. The monoisotopic (exact) mass is 504 g/mol. The lowest BCUT2D eigenvalue weighted by Gasteiger charge is -2.05. The summed E-state index contributed by atoms with van der Waals surface area (Å²) in [4.78, 5) is 23.3. The molecule has 0 amide bonds. The minimum atomic E-state index is -0.330. The number of pyridine rings is 2. The fourth-order valence-electron chi connectivity index (χ4n) is 4.42. The average molecular weight is 505 g/mol. The minimum Gasteiger partial charge on any atom is -0.465 e. The number of nitrogens with zero attached hydrogens (tertiary/aromatic N) is 2.